The quantitative estimate of drug-likeness (QED) is 0.297. The first kappa shape index (κ1) is 41.1. The number of aryl methyl sites for hydroxylation is 1. The zero-order valence-corrected chi connectivity index (χ0v) is 34.7. The number of methoxy groups -OCH3 is 1. The van der Waals surface area contributed by atoms with E-state index in [1.165, 1.54) is 11.0 Å². The van der Waals surface area contributed by atoms with Crippen LogP contribution in [0.4, 0.5) is 4.79 Å². The molecule has 5 atom stereocenters. The Labute approximate surface area is 345 Å². The third kappa shape index (κ3) is 8.54. The van der Waals surface area contributed by atoms with E-state index in [-0.39, 0.29) is 37.4 Å². The van der Waals surface area contributed by atoms with E-state index in [1.54, 1.807) is 18.1 Å². The average molecular weight is 837 g/mol. The van der Waals surface area contributed by atoms with Gasteiger partial charge in [-0.25, -0.2) is 18.2 Å². The highest BCUT2D eigenvalue weighted by atomic mass is 32.2. The third-order valence-corrected chi connectivity index (χ3v) is 14.6. The molecule has 17 heteroatoms. The predicted octanol–water partition coefficient (Wildman–Crippen LogP) is 3.36. The van der Waals surface area contributed by atoms with Gasteiger partial charge in [-0.1, -0.05) is 25.3 Å². The minimum atomic E-state index is -3.91. The lowest BCUT2D eigenvalue weighted by atomic mass is 9.83. The highest BCUT2D eigenvalue weighted by Gasteiger charge is 2.62. The number of benzene rings is 1. The van der Waals surface area contributed by atoms with E-state index < -0.39 is 62.6 Å². The molecule has 1 aromatic heterocycles. The molecule has 3 saturated carbocycles. The Balaban J connectivity index is 1.15. The number of nitrogens with one attached hydrogen (secondary N) is 3. The topological polar surface area (TPSA) is 195 Å². The van der Waals surface area contributed by atoms with Crippen molar-refractivity contribution < 1.29 is 46.5 Å². The van der Waals surface area contributed by atoms with Crippen LogP contribution in [0.15, 0.2) is 30.9 Å². The van der Waals surface area contributed by atoms with Crippen LogP contribution in [0, 0.1) is 11.8 Å². The van der Waals surface area contributed by atoms with E-state index in [9.17, 15) is 22.8 Å². The molecule has 5 heterocycles. The van der Waals surface area contributed by atoms with Crippen LogP contribution < -0.4 is 29.6 Å². The van der Waals surface area contributed by atoms with E-state index in [0.29, 0.717) is 73.8 Å². The number of nitrogens with zero attached hydrogens (tertiary/aromatic N) is 3. The zero-order chi connectivity index (χ0) is 41.5. The van der Waals surface area contributed by atoms with Crippen molar-refractivity contribution in [1.29, 1.82) is 0 Å². The summed E-state index contributed by atoms with van der Waals surface area (Å²) in [4.78, 5) is 64.9. The Morgan fingerprint density at radius 1 is 1.05 bits per heavy atom. The number of ether oxygens (including phenoxy) is 4. The molecule has 7 aliphatic rings. The summed E-state index contributed by atoms with van der Waals surface area (Å²) >= 11 is 0. The highest BCUT2D eigenvalue weighted by molar-refractivity contribution is 7.91. The Morgan fingerprint density at radius 2 is 1.83 bits per heavy atom. The van der Waals surface area contributed by atoms with Crippen molar-refractivity contribution in [2.24, 2.45) is 11.8 Å². The normalized spacial score (nSPS) is 29.2. The summed E-state index contributed by atoms with van der Waals surface area (Å²) in [5.74, 6) is -1.05. The molecule has 0 spiro atoms. The molecule has 3 aliphatic carbocycles. The number of fused-ring (bicyclic) bond motifs is 7. The number of rotatable bonds is 10. The summed E-state index contributed by atoms with van der Waals surface area (Å²) < 4.78 is 52.4. The van der Waals surface area contributed by atoms with Crippen molar-refractivity contribution in [3.8, 4) is 17.4 Å². The van der Waals surface area contributed by atoms with Crippen molar-refractivity contribution in [2.45, 2.75) is 119 Å². The van der Waals surface area contributed by atoms with Gasteiger partial charge in [0.1, 0.15) is 35.2 Å². The predicted molar refractivity (Wildman–Crippen MR) is 216 cm³/mol. The van der Waals surface area contributed by atoms with Crippen LogP contribution in [-0.4, -0.2) is 122 Å². The van der Waals surface area contributed by atoms with Gasteiger partial charge in [0.15, 0.2) is 0 Å². The van der Waals surface area contributed by atoms with Gasteiger partial charge in [0.25, 0.3) is 5.91 Å². The van der Waals surface area contributed by atoms with Crippen LogP contribution in [0.2, 0.25) is 0 Å². The minimum absolute atomic E-state index is 0.00653. The zero-order valence-electron chi connectivity index (χ0n) is 33.9. The molecule has 16 nitrogen and oxygen atoms in total. The van der Waals surface area contributed by atoms with Crippen LogP contribution in [0.1, 0.15) is 83.1 Å². The molecule has 2 aromatic rings. The van der Waals surface area contributed by atoms with Gasteiger partial charge < -0.3 is 39.4 Å². The molecular formula is C42H56N6O10S. The van der Waals surface area contributed by atoms with E-state index >= 15 is 4.79 Å². The molecule has 2 saturated heterocycles. The molecule has 9 rings (SSSR count). The Hall–Kier alpha value is -4.64. The SMILES string of the molecule is C=C[C@H]1C[C@]1(NC(=O)[C@@H]1C[C@@H]2CN1C(=O)[C@H](C1CCCCC1)NC(=O)N1CC(C1)OCCCCc1cc3c(cc(OCC)nc3cc1OC)O2)C(=O)NS(=O)(=O)C1CC1. The molecule has 320 valence electrons. The maximum atomic E-state index is 15.0. The molecule has 0 radical (unpaired) electrons. The molecule has 59 heavy (non-hydrogen) atoms. The van der Waals surface area contributed by atoms with Gasteiger partial charge in [-0.3, -0.25) is 19.1 Å². The molecular weight excluding hydrogens is 781 g/mol. The number of amides is 5. The Kier molecular flexibility index (Phi) is 11.7. The first-order valence-corrected chi connectivity index (χ1v) is 22.8. The average Bonchev–Trinajstić information content (AvgIpc) is 4.14. The molecule has 4 aliphatic heterocycles. The molecule has 5 fully saturated rings. The van der Waals surface area contributed by atoms with Gasteiger partial charge in [0.05, 0.1) is 50.2 Å². The van der Waals surface area contributed by atoms with Crippen LogP contribution in [-0.2, 0) is 35.6 Å². The van der Waals surface area contributed by atoms with Crippen molar-refractivity contribution in [1.82, 2.24) is 30.1 Å². The Bertz CT molecular complexity index is 2080. The first-order valence-electron chi connectivity index (χ1n) is 21.2. The maximum Gasteiger partial charge on any atom is 0.318 e. The molecule has 6 bridgehead atoms. The lowest BCUT2D eigenvalue weighted by Crippen LogP contribution is -2.63. The van der Waals surface area contributed by atoms with Gasteiger partial charge in [0, 0.05) is 36.5 Å². The monoisotopic (exact) mass is 836 g/mol. The highest BCUT2D eigenvalue weighted by Crippen LogP contribution is 2.46. The standard InChI is InChI=1S/C42H56N6O10S/c1-4-27-21-42(27,40(51)46-59(53,54)30-14-15-30)45-38(49)33-18-28-24-48(33)39(50)37(25-11-7-6-8-12-25)44-41(52)47-22-29(23-47)57-16-10-9-13-26-17-31-32(19-34(26)55-3)43-36(56-5-2)20-35(31)58-28/h4,17,19-20,25,27-30,33,37H,1,5-16,18,21-24H2,2-3H3,(H,44,52)(H,45,49)(H,46,51)/t27-,28+,33-,37-,42+/m0/s1. The van der Waals surface area contributed by atoms with Crippen LogP contribution >= 0.6 is 0 Å². The fourth-order valence-corrected chi connectivity index (χ4v) is 10.5. The summed E-state index contributed by atoms with van der Waals surface area (Å²) in [6.07, 6.45) is 8.54. The number of sulfonamides is 1. The van der Waals surface area contributed by atoms with Gasteiger partial charge in [-0.05, 0) is 75.8 Å². The van der Waals surface area contributed by atoms with E-state index in [2.05, 4.69) is 21.9 Å². The molecule has 5 amide bonds. The van der Waals surface area contributed by atoms with Crippen molar-refractivity contribution in [3.05, 3.63) is 36.4 Å². The number of hydrogen-bond acceptors (Lipinski definition) is 11. The number of urea groups is 1. The Morgan fingerprint density at radius 3 is 2.53 bits per heavy atom. The van der Waals surface area contributed by atoms with Crippen LogP contribution in [0.3, 0.4) is 0 Å². The number of carbonyl (C=O) groups excluding carboxylic acids is 4. The number of pyridine rings is 1. The van der Waals surface area contributed by atoms with Gasteiger partial charge in [0.2, 0.25) is 27.7 Å². The third-order valence-electron chi connectivity index (χ3n) is 12.8. The van der Waals surface area contributed by atoms with Crippen molar-refractivity contribution in [3.63, 3.8) is 0 Å². The molecule has 3 N–H and O–H groups in total. The molecule has 0 unspecified atom stereocenters. The summed E-state index contributed by atoms with van der Waals surface area (Å²) in [5, 5.41) is 6.01. The summed E-state index contributed by atoms with van der Waals surface area (Å²) in [5.41, 5.74) is 0.000149. The summed E-state index contributed by atoms with van der Waals surface area (Å²) in [7, 11) is -2.29. The fourth-order valence-electron chi connectivity index (χ4n) is 9.15. The fraction of sp³-hybridized carbons (Fsp3) is 0.643. The second-order valence-electron chi connectivity index (χ2n) is 16.9. The molecule has 1 aromatic carbocycles. The lowest BCUT2D eigenvalue weighted by Gasteiger charge is -2.41. The van der Waals surface area contributed by atoms with Gasteiger partial charge in [-0.2, -0.15) is 0 Å². The van der Waals surface area contributed by atoms with E-state index in [1.807, 2.05) is 19.1 Å². The van der Waals surface area contributed by atoms with Crippen LogP contribution in [0.25, 0.3) is 10.9 Å². The number of hydrogen-bond donors (Lipinski definition) is 3. The van der Waals surface area contributed by atoms with Gasteiger partial charge in [-0.15, -0.1) is 6.58 Å². The maximum absolute atomic E-state index is 15.0. The smallest absolute Gasteiger partial charge is 0.318 e. The van der Waals surface area contributed by atoms with Gasteiger partial charge >= 0.3 is 6.03 Å². The van der Waals surface area contributed by atoms with Crippen molar-refractivity contribution >= 4 is 44.7 Å². The second kappa shape index (κ2) is 16.8. The minimum Gasteiger partial charge on any atom is -0.496 e. The van der Waals surface area contributed by atoms with E-state index in [4.69, 9.17) is 23.9 Å². The second-order valence-corrected chi connectivity index (χ2v) is 18.9. The van der Waals surface area contributed by atoms with E-state index in [0.717, 1.165) is 50.5 Å². The van der Waals surface area contributed by atoms with Crippen molar-refractivity contribution in [2.75, 3.05) is 40.0 Å². The number of carbonyl (C=O) groups is 4. The largest absolute Gasteiger partial charge is 0.496 e. The summed E-state index contributed by atoms with van der Waals surface area (Å²) in [6, 6.07) is 3.20. The summed E-state index contributed by atoms with van der Waals surface area (Å²) in [6.45, 7) is 7.41. The first-order chi connectivity index (χ1) is 28.4. The van der Waals surface area contributed by atoms with Crippen LogP contribution in [0.5, 0.6) is 17.4 Å². The number of aromatic nitrogens is 1. The lowest BCUT2D eigenvalue weighted by molar-refractivity contribution is -0.142.